The molecule has 0 saturated heterocycles. The first-order chi connectivity index (χ1) is 10.1. The summed E-state index contributed by atoms with van der Waals surface area (Å²) in [6.45, 7) is 4.56. The summed E-state index contributed by atoms with van der Waals surface area (Å²) in [5.74, 6) is 2.14. The molecule has 5 nitrogen and oxygen atoms in total. The molecule has 0 radical (unpaired) electrons. The minimum Gasteiger partial charge on any atom is -0.494 e. The smallest absolute Gasteiger partial charge is 0.220 e. The quantitative estimate of drug-likeness (QED) is 0.796. The Labute approximate surface area is 124 Å². The summed E-state index contributed by atoms with van der Waals surface area (Å²) in [5, 5.41) is 2.82. The summed E-state index contributed by atoms with van der Waals surface area (Å²) in [7, 11) is 0. The normalized spacial score (nSPS) is 10.4. The molecule has 1 amide bonds. The fraction of sp³-hybridized carbons (Fsp3) is 0.375. The highest BCUT2D eigenvalue weighted by atomic mass is 16.5. The SMILES string of the molecule is Cc1nc(C)c(CNC(=O)CCCOc2ccccc2)o1. The standard InChI is InChI=1S/C16H20N2O3/c1-12-15(21-13(2)18-12)11-17-16(19)9-6-10-20-14-7-4-3-5-8-14/h3-5,7-8H,6,9-11H2,1-2H3,(H,17,19). The summed E-state index contributed by atoms with van der Waals surface area (Å²) < 4.78 is 10.9. The van der Waals surface area contributed by atoms with Crippen LogP contribution in [0.1, 0.15) is 30.2 Å². The van der Waals surface area contributed by atoms with Gasteiger partial charge in [0.25, 0.3) is 0 Å². The number of aryl methyl sites for hydroxylation is 2. The van der Waals surface area contributed by atoms with Crippen molar-refractivity contribution in [1.82, 2.24) is 10.3 Å². The Kier molecular flexibility index (Phi) is 5.37. The molecule has 5 heteroatoms. The lowest BCUT2D eigenvalue weighted by molar-refractivity contribution is -0.121. The van der Waals surface area contributed by atoms with Gasteiger partial charge in [-0.25, -0.2) is 4.98 Å². The van der Waals surface area contributed by atoms with Crippen LogP contribution in [0.2, 0.25) is 0 Å². The van der Waals surface area contributed by atoms with Gasteiger partial charge >= 0.3 is 0 Å². The predicted octanol–water partition coefficient (Wildman–Crippen LogP) is 2.77. The third kappa shape index (κ3) is 4.95. The van der Waals surface area contributed by atoms with Crippen molar-refractivity contribution in [3.63, 3.8) is 0 Å². The molecule has 0 unspecified atom stereocenters. The molecular formula is C16H20N2O3. The van der Waals surface area contributed by atoms with Crippen molar-refractivity contribution in [3.05, 3.63) is 47.7 Å². The Bertz CT molecular complexity index is 578. The molecule has 0 aliphatic rings. The minimum atomic E-state index is -0.0138. The van der Waals surface area contributed by atoms with Gasteiger partial charge in [-0.15, -0.1) is 0 Å². The molecule has 21 heavy (non-hydrogen) atoms. The van der Waals surface area contributed by atoms with Crippen LogP contribution in [0, 0.1) is 13.8 Å². The highest BCUT2D eigenvalue weighted by molar-refractivity contribution is 5.75. The van der Waals surface area contributed by atoms with Crippen molar-refractivity contribution in [2.24, 2.45) is 0 Å². The minimum absolute atomic E-state index is 0.0138. The molecule has 0 bridgehead atoms. The summed E-state index contributed by atoms with van der Waals surface area (Å²) in [6, 6.07) is 9.57. The van der Waals surface area contributed by atoms with Crippen LogP contribution in [0.15, 0.2) is 34.7 Å². The molecule has 0 aliphatic carbocycles. The molecular weight excluding hydrogens is 268 g/mol. The highest BCUT2D eigenvalue weighted by Crippen LogP contribution is 2.10. The van der Waals surface area contributed by atoms with Gasteiger partial charge in [-0.05, 0) is 25.5 Å². The Morgan fingerprint density at radius 2 is 2.05 bits per heavy atom. The molecule has 0 fully saturated rings. The van der Waals surface area contributed by atoms with E-state index in [-0.39, 0.29) is 5.91 Å². The fourth-order valence-electron chi connectivity index (χ4n) is 1.94. The number of benzene rings is 1. The van der Waals surface area contributed by atoms with E-state index in [1.165, 1.54) is 0 Å². The lowest BCUT2D eigenvalue weighted by atomic mass is 10.3. The van der Waals surface area contributed by atoms with E-state index in [1.54, 1.807) is 6.92 Å². The van der Waals surface area contributed by atoms with Crippen LogP contribution in [0.3, 0.4) is 0 Å². The number of ether oxygens (including phenoxy) is 1. The molecule has 1 N–H and O–H groups in total. The van der Waals surface area contributed by atoms with Gasteiger partial charge in [0.15, 0.2) is 5.89 Å². The van der Waals surface area contributed by atoms with Crippen LogP contribution in [0.5, 0.6) is 5.75 Å². The molecule has 0 atom stereocenters. The second kappa shape index (κ2) is 7.47. The Morgan fingerprint density at radius 1 is 1.29 bits per heavy atom. The Morgan fingerprint density at radius 3 is 2.71 bits per heavy atom. The highest BCUT2D eigenvalue weighted by Gasteiger charge is 2.08. The van der Waals surface area contributed by atoms with Gasteiger partial charge in [0.2, 0.25) is 5.91 Å². The van der Waals surface area contributed by atoms with Crippen LogP contribution in [0.25, 0.3) is 0 Å². The second-order valence-electron chi connectivity index (χ2n) is 4.78. The number of carbonyl (C=O) groups excluding carboxylic acids is 1. The van der Waals surface area contributed by atoms with Crippen LogP contribution >= 0.6 is 0 Å². The summed E-state index contributed by atoms with van der Waals surface area (Å²) in [6.07, 6.45) is 1.11. The van der Waals surface area contributed by atoms with Gasteiger partial charge in [0.05, 0.1) is 18.8 Å². The van der Waals surface area contributed by atoms with Crippen molar-refractivity contribution in [2.75, 3.05) is 6.61 Å². The van der Waals surface area contributed by atoms with Crippen molar-refractivity contribution >= 4 is 5.91 Å². The van der Waals surface area contributed by atoms with E-state index in [4.69, 9.17) is 9.15 Å². The molecule has 0 spiro atoms. The third-order valence-electron chi connectivity index (χ3n) is 3.01. The number of hydrogen-bond acceptors (Lipinski definition) is 4. The number of para-hydroxylation sites is 1. The van der Waals surface area contributed by atoms with Gasteiger partial charge < -0.3 is 14.5 Å². The lowest BCUT2D eigenvalue weighted by Gasteiger charge is -2.06. The van der Waals surface area contributed by atoms with E-state index in [9.17, 15) is 4.79 Å². The molecule has 0 aliphatic heterocycles. The largest absolute Gasteiger partial charge is 0.494 e. The van der Waals surface area contributed by atoms with E-state index < -0.39 is 0 Å². The van der Waals surface area contributed by atoms with E-state index in [0.717, 1.165) is 11.4 Å². The van der Waals surface area contributed by atoms with Crippen molar-refractivity contribution < 1.29 is 13.9 Å². The third-order valence-corrected chi connectivity index (χ3v) is 3.01. The predicted molar refractivity (Wildman–Crippen MR) is 79.0 cm³/mol. The first-order valence-corrected chi connectivity index (χ1v) is 7.02. The molecule has 1 aromatic heterocycles. The zero-order valence-corrected chi connectivity index (χ0v) is 12.4. The Hall–Kier alpha value is -2.30. The number of rotatable bonds is 7. The maximum absolute atomic E-state index is 11.7. The van der Waals surface area contributed by atoms with Crippen LogP contribution in [0.4, 0.5) is 0 Å². The number of hydrogen-bond donors (Lipinski definition) is 1. The number of nitrogens with zero attached hydrogens (tertiary/aromatic N) is 1. The number of aromatic nitrogens is 1. The van der Waals surface area contributed by atoms with E-state index >= 15 is 0 Å². The summed E-state index contributed by atoms with van der Waals surface area (Å²) >= 11 is 0. The van der Waals surface area contributed by atoms with E-state index in [1.807, 2.05) is 37.3 Å². The summed E-state index contributed by atoms with van der Waals surface area (Å²) in [4.78, 5) is 15.9. The maximum Gasteiger partial charge on any atom is 0.220 e. The molecule has 0 saturated carbocycles. The number of amides is 1. The van der Waals surface area contributed by atoms with Crippen LogP contribution < -0.4 is 10.1 Å². The lowest BCUT2D eigenvalue weighted by Crippen LogP contribution is -2.23. The molecule has 1 aromatic carbocycles. The average molecular weight is 288 g/mol. The van der Waals surface area contributed by atoms with Gasteiger partial charge in [-0.1, -0.05) is 18.2 Å². The summed E-state index contributed by atoms with van der Waals surface area (Å²) in [5.41, 5.74) is 0.820. The Balaban J connectivity index is 1.63. The topological polar surface area (TPSA) is 64.4 Å². The first kappa shape index (κ1) is 15.1. The zero-order valence-electron chi connectivity index (χ0n) is 12.4. The molecule has 2 aromatic rings. The number of carbonyl (C=O) groups is 1. The van der Waals surface area contributed by atoms with Crippen molar-refractivity contribution in [3.8, 4) is 5.75 Å². The van der Waals surface area contributed by atoms with Crippen molar-refractivity contribution in [2.45, 2.75) is 33.2 Å². The first-order valence-electron chi connectivity index (χ1n) is 7.02. The van der Waals surface area contributed by atoms with Gasteiger partial charge in [-0.2, -0.15) is 0 Å². The second-order valence-corrected chi connectivity index (χ2v) is 4.78. The molecule has 112 valence electrons. The van der Waals surface area contributed by atoms with Gasteiger partial charge in [0, 0.05) is 13.3 Å². The average Bonchev–Trinajstić information content (AvgIpc) is 2.80. The van der Waals surface area contributed by atoms with Crippen molar-refractivity contribution in [1.29, 1.82) is 0 Å². The van der Waals surface area contributed by atoms with Gasteiger partial charge in [0.1, 0.15) is 11.5 Å². The van der Waals surface area contributed by atoms with Crippen LogP contribution in [-0.2, 0) is 11.3 Å². The number of nitrogens with one attached hydrogen (secondary N) is 1. The molecule has 2 rings (SSSR count). The van der Waals surface area contributed by atoms with E-state index in [0.29, 0.717) is 37.6 Å². The monoisotopic (exact) mass is 288 g/mol. The zero-order chi connectivity index (χ0) is 15.1. The number of oxazole rings is 1. The van der Waals surface area contributed by atoms with E-state index in [2.05, 4.69) is 10.3 Å². The van der Waals surface area contributed by atoms with Crippen LogP contribution in [-0.4, -0.2) is 17.5 Å². The van der Waals surface area contributed by atoms with Gasteiger partial charge in [-0.3, -0.25) is 4.79 Å². The molecule has 1 heterocycles. The fourth-order valence-corrected chi connectivity index (χ4v) is 1.94. The maximum atomic E-state index is 11.7.